The van der Waals surface area contributed by atoms with E-state index >= 15 is 0 Å². The molecule has 10 nitrogen and oxygen atoms in total. The van der Waals surface area contributed by atoms with Crippen molar-refractivity contribution in [2.45, 2.75) is 18.8 Å². The molecule has 0 radical (unpaired) electrons. The van der Waals surface area contributed by atoms with E-state index in [9.17, 15) is 9.59 Å². The largest absolute Gasteiger partial charge is 0.497 e. The Balaban J connectivity index is 1.74. The number of aliphatic imine (C=N–C) groups is 2. The van der Waals surface area contributed by atoms with E-state index in [4.69, 9.17) is 19.2 Å². The van der Waals surface area contributed by atoms with E-state index in [1.165, 1.54) is 7.05 Å². The van der Waals surface area contributed by atoms with Crippen LogP contribution in [-0.4, -0.2) is 80.4 Å². The number of benzene rings is 2. The monoisotopic (exact) mass is 478 g/mol. The first-order valence-corrected chi connectivity index (χ1v) is 11.0. The summed E-state index contributed by atoms with van der Waals surface area (Å²) in [4.78, 5) is 34.5. The number of imide groups is 1. The molecule has 1 saturated heterocycles. The predicted octanol–water partition coefficient (Wildman–Crippen LogP) is 2.04. The molecular formula is C25H28N5O5+. The van der Waals surface area contributed by atoms with Gasteiger partial charge in [-0.2, -0.15) is 14.6 Å². The van der Waals surface area contributed by atoms with Gasteiger partial charge in [-0.05, 0) is 35.4 Å². The maximum Gasteiger partial charge on any atom is 0.348 e. The van der Waals surface area contributed by atoms with Gasteiger partial charge in [0.25, 0.3) is 5.91 Å². The van der Waals surface area contributed by atoms with Gasteiger partial charge in [0.1, 0.15) is 30.4 Å². The molecule has 2 unspecified atom stereocenters. The molecule has 2 heterocycles. The molecule has 0 saturated carbocycles. The minimum absolute atomic E-state index is 0.0402. The van der Waals surface area contributed by atoms with Gasteiger partial charge in [0, 0.05) is 14.2 Å². The van der Waals surface area contributed by atoms with Crippen LogP contribution in [0.3, 0.4) is 0 Å². The Bertz CT molecular complexity index is 1220. The van der Waals surface area contributed by atoms with E-state index in [0.717, 1.165) is 33.2 Å². The lowest BCUT2D eigenvalue weighted by Gasteiger charge is -2.16. The molecule has 2 aliphatic rings. The Kier molecular flexibility index (Phi) is 6.92. The number of carbonyl (C=O) groups is 2. The Labute approximate surface area is 203 Å². The molecule has 0 bridgehead atoms. The standard InChI is InChI=1S/C25H27N5O5/c1-29-19(14-15-6-10-17(33-3)11-7-15)20(21(35-5)16-8-12-18(34-4)13-9-16)26-24(29)27-22-23(31)30(2)25(32)28-22/h6-13,21,24H,14H2,1-5H3/p+1. The van der Waals surface area contributed by atoms with Crippen molar-refractivity contribution in [3.05, 3.63) is 59.7 Å². The lowest BCUT2D eigenvalue weighted by Crippen LogP contribution is -2.30. The van der Waals surface area contributed by atoms with Crippen molar-refractivity contribution in [2.24, 2.45) is 9.98 Å². The molecule has 1 fully saturated rings. The van der Waals surface area contributed by atoms with Crippen molar-refractivity contribution in [1.29, 1.82) is 0 Å². The van der Waals surface area contributed by atoms with E-state index in [-0.39, 0.29) is 5.84 Å². The zero-order chi connectivity index (χ0) is 25.1. The maximum absolute atomic E-state index is 12.4. The second kappa shape index (κ2) is 10.1. The molecule has 3 amide bonds. The zero-order valence-corrected chi connectivity index (χ0v) is 20.3. The summed E-state index contributed by atoms with van der Waals surface area (Å²) >= 11 is 0. The summed E-state index contributed by atoms with van der Waals surface area (Å²) in [5.41, 5.74) is 3.52. The highest BCUT2D eigenvalue weighted by Crippen LogP contribution is 2.27. The molecule has 0 spiro atoms. The summed E-state index contributed by atoms with van der Waals surface area (Å²) in [7, 11) is 8.12. The predicted molar refractivity (Wildman–Crippen MR) is 131 cm³/mol. The quantitative estimate of drug-likeness (QED) is 0.462. The molecule has 10 heteroatoms. The molecule has 2 aromatic carbocycles. The van der Waals surface area contributed by atoms with E-state index < -0.39 is 24.3 Å². The minimum atomic E-state index is -0.736. The number of methoxy groups -OCH3 is 3. The zero-order valence-electron chi connectivity index (χ0n) is 20.3. The third-order valence-electron chi connectivity index (χ3n) is 6.04. The van der Waals surface area contributed by atoms with Gasteiger partial charge >= 0.3 is 12.3 Å². The van der Waals surface area contributed by atoms with Gasteiger partial charge in [-0.3, -0.25) is 15.0 Å². The van der Waals surface area contributed by atoms with Crippen molar-refractivity contribution in [3.63, 3.8) is 0 Å². The van der Waals surface area contributed by atoms with Gasteiger partial charge in [-0.1, -0.05) is 24.3 Å². The number of amidine groups is 1. The number of nitrogens with one attached hydrogen (secondary N) is 1. The molecule has 182 valence electrons. The lowest BCUT2D eigenvalue weighted by molar-refractivity contribution is -0.529. The molecule has 2 aromatic rings. The SMILES string of the molecule is COc1ccc(CC2=[N+](C)C(N=C3NC(=O)N(C)C3=O)N=C2C(OC)c2ccc(OC)cc2)cc1. The van der Waals surface area contributed by atoms with Crippen LogP contribution in [-0.2, 0) is 16.0 Å². The summed E-state index contributed by atoms with van der Waals surface area (Å²) in [6.45, 7) is 0. The number of carbonyl (C=O) groups excluding carboxylic acids is 2. The number of rotatable bonds is 8. The second-order valence-corrected chi connectivity index (χ2v) is 8.10. The summed E-state index contributed by atoms with van der Waals surface area (Å²) in [5.74, 6) is 0.966. The topological polar surface area (TPSA) is 105 Å². The maximum atomic E-state index is 12.4. The Morgan fingerprint density at radius 2 is 1.63 bits per heavy atom. The van der Waals surface area contributed by atoms with Crippen LogP contribution < -0.4 is 14.8 Å². The lowest BCUT2D eigenvalue weighted by atomic mass is 9.97. The molecule has 4 rings (SSSR count). The Hall–Kier alpha value is -4.05. The average molecular weight is 479 g/mol. The molecule has 1 N–H and O–H groups in total. The normalized spacial score (nSPS) is 19.8. The number of hydrogen-bond donors (Lipinski definition) is 1. The van der Waals surface area contributed by atoms with Crippen molar-refractivity contribution in [2.75, 3.05) is 35.4 Å². The fourth-order valence-electron chi connectivity index (χ4n) is 3.97. The van der Waals surface area contributed by atoms with Gasteiger partial charge in [0.2, 0.25) is 11.5 Å². The van der Waals surface area contributed by atoms with Crippen LogP contribution in [0.1, 0.15) is 17.2 Å². The number of amides is 3. The van der Waals surface area contributed by atoms with Crippen LogP contribution in [0.15, 0.2) is 58.5 Å². The number of hydrogen-bond acceptors (Lipinski definition) is 7. The number of urea groups is 1. The van der Waals surface area contributed by atoms with Crippen LogP contribution in [0.5, 0.6) is 11.5 Å². The first-order chi connectivity index (χ1) is 16.9. The summed E-state index contributed by atoms with van der Waals surface area (Å²) in [5, 5.41) is 2.50. The molecular weight excluding hydrogens is 450 g/mol. The fraction of sp³-hybridized carbons (Fsp3) is 0.320. The first kappa shape index (κ1) is 24.1. The highest BCUT2D eigenvalue weighted by molar-refractivity contribution is 6.47. The van der Waals surface area contributed by atoms with Crippen molar-refractivity contribution in [3.8, 4) is 11.5 Å². The summed E-state index contributed by atoms with van der Waals surface area (Å²) < 4.78 is 18.3. The third kappa shape index (κ3) is 4.78. The average Bonchev–Trinajstić information content (AvgIpc) is 3.31. The van der Waals surface area contributed by atoms with Crippen molar-refractivity contribution < 1.29 is 28.4 Å². The van der Waals surface area contributed by atoms with Gasteiger partial charge < -0.3 is 14.2 Å². The smallest absolute Gasteiger partial charge is 0.348 e. The van der Waals surface area contributed by atoms with Crippen molar-refractivity contribution in [1.82, 2.24) is 10.2 Å². The van der Waals surface area contributed by atoms with Gasteiger partial charge in [0.05, 0.1) is 20.6 Å². The van der Waals surface area contributed by atoms with Gasteiger partial charge in [-0.25, -0.2) is 4.79 Å². The van der Waals surface area contributed by atoms with Crippen LogP contribution in [0, 0.1) is 0 Å². The molecule has 0 aliphatic carbocycles. The number of nitrogens with zero attached hydrogens (tertiary/aromatic N) is 4. The molecule has 2 atom stereocenters. The minimum Gasteiger partial charge on any atom is -0.497 e. The summed E-state index contributed by atoms with van der Waals surface area (Å²) in [6, 6.07) is 14.8. The highest BCUT2D eigenvalue weighted by atomic mass is 16.5. The van der Waals surface area contributed by atoms with Crippen LogP contribution in [0.2, 0.25) is 0 Å². The fourth-order valence-corrected chi connectivity index (χ4v) is 3.97. The number of ether oxygens (including phenoxy) is 3. The molecule has 2 aliphatic heterocycles. The van der Waals surface area contributed by atoms with E-state index in [2.05, 4.69) is 10.3 Å². The summed E-state index contributed by atoms with van der Waals surface area (Å²) in [6.07, 6.45) is -0.657. The Morgan fingerprint density at radius 3 is 2.14 bits per heavy atom. The van der Waals surface area contributed by atoms with Gasteiger partial charge in [0.15, 0.2) is 0 Å². The van der Waals surface area contributed by atoms with Crippen molar-refractivity contribution >= 4 is 29.2 Å². The highest BCUT2D eigenvalue weighted by Gasteiger charge is 2.40. The van der Waals surface area contributed by atoms with Crippen LogP contribution in [0.4, 0.5) is 4.79 Å². The van der Waals surface area contributed by atoms with E-state index in [1.54, 1.807) is 21.3 Å². The first-order valence-electron chi connectivity index (χ1n) is 11.0. The van der Waals surface area contributed by atoms with Gasteiger partial charge in [-0.15, -0.1) is 0 Å². The van der Waals surface area contributed by atoms with Crippen LogP contribution >= 0.6 is 0 Å². The second-order valence-electron chi connectivity index (χ2n) is 8.10. The van der Waals surface area contributed by atoms with E-state index in [1.807, 2.05) is 60.2 Å². The molecule has 0 aromatic heterocycles. The molecule has 35 heavy (non-hydrogen) atoms. The Morgan fingerprint density at radius 1 is 1.03 bits per heavy atom. The van der Waals surface area contributed by atoms with E-state index in [0.29, 0.717) is 12.1 Å². The number of likely N-dealkylation sites (N-methyl/N-ethyl adjacent to an activating group) is 1. The third-order valence-corrected chi connectivity index (χ3v) is 6.04. The van der Waals surface area contributed by atoms with Crippen LogP contribution in [0.25, 0.3) is 0 Å².